The summed E-state index contributed by atoms with van der Waals surface area (Å²) in [4.78, 5) is 0. The first-order chi connectivity index (χ1) is 7.65. The first-order valence-electron chi connectivity index (χ1n) is 5.80. The zero-order valence-corrected chi connectivity index (χ0v) is 9.63. The fourth-order valence-corrected chi connectivity index (χ4v) is 2.20. The lowest BCUT2D eigenvalue weighted by molar-refractivity contribution is -0.0131. The Bertz CT molecular complexity index is 374. The van der Waals surface area contributed by atoms with Crippen LogP contribution in [0.5, 0.6) is 5.75 Å². The van der Waals surface area contributed by atoms with Gasteiger partial charge in [0.25, 0.3) is 0 Å². The Labute approximate surface area is 95.6 Å². The van der Waals surface area contributed by atoms with Crippen LogP contribution in [0.25, 0.3) is 0 Å². The third kappa shape index (κ3) is 2.19. The molecule has 0 atom stereocenters. The molecular weight excluding hydrogens is 205 g/mol. The zero-order valence-electron chi connectivity index (χ0n) is 9.63. The lowest BCUT2D eigenvalue weighted by Gasteiger charge is -2.42. The highest BCUT2D eigenvalue weighted by atomic mass is 19.1. The smallest absolute Gasteiger partial charge is 0.123 e. The summed E-state index contributed by atoms with van der Waals surface area (Å²) >= 11 is 0. The van der Waals surface area contributed by atoms with Crippen LogP contribution < -0.4 is 10.5 Å². The predicted molar refractivity (Wildman–Crippen MR) is 62.0 cm³/mol. The third-order valence-corrected chi connectivity index (χ3v) is 3.33. The predicted octanol–water partition coefficient (Wildman–Crippen LogP) is 2.78. The van der Waals surface area contributed by atoms with E-state index in [1.54, 1.807) is 6.07 Å². The van der Waals surface area contributed by atoms with Gasteiger partial charge in [0.1, 0.15) is 17.2 Å². The molecule has 2 N–H and O–H groups in total. The average molecular weight is 223 g/mol. The van der Waals surface area contributed by atoms with E-state index in [0.717, 1.165) is 30.6 Å². The van der Waals surface area contributed by atoms with Crippen molar-refractivity contribution in [1.29, 1.82) is 0 Å². The maximum Gasteiger partial charge on any atom is 0.123 e. The van der Waals surface area contributed by atoms with E-state index in [2.05, 4.69) is 0 Å². The second-order valence-corrected chi connectivity index (χ2v) is 4.59. The number of aryl methyl sites for hydroxylation is 1. The number of halogens is 1. The Kier molecular flexibility index (Phi) is 3.15. The van der Waals surface area contributed by atoms with Gasteiger partial charge in [-0.25, -0.2) is 4.39 Å². The van der Waals surface area contributed by atoms with Gasteiger partial charge in [-0.3, -0.25) is 0 Å². The Hall–Kier alpha value is -1.09. The molecule has 3 heteroatoms. The Morgan fingerprint density at radius 3 is 2.69 bits per heavy atom. The molecule has 0 amide bonds. The molecule has 0 heterocycles. The number of hydrogen-bond donors (Lipinski definition) is 1. The molecule has 0 radical (unpaired) electrons. The number of nitrogens with two attached hydrogens (primary N) is 1. The van der Waals surface area contributed by atoms with E-state index < -0.39 is 0 Å². The highest BCUT2D eigenvalue weighted by Crippen LogP contribution is 2.39. The topological polar surface area (TPSA) is 35.2 Å². The minimum atomic E-state index is -0.216. The molecule has 2 rings (SSSR count). The molecule has 88 valence electrons. The second-order valence-electron chi connectivity index (χ2n) is 4.59. The molecule has 2 nitrogen and oxygen atoms in total. The molecule has 0 spiro atoms. The molecule has 0 aromatic heterocycles. The normalized spacial score (nSPS) is 17.9. The van der Waals surface area contributed by atoms with Gasteiger partial charge in [0.15, 0.2) is 0 Å². The molecule has 1 aliphatic rings. The summed E-state index contributed by atoms with van der Waals surface area (Å²) in [7, 11) is 0. The van der Waals surface area contributed by atoms with Gasteiger partial charge < -0.3 is 10.5 Å². The molecular formula is C13H18FNO. The van der Waals surface area contributed by atoms with Crippen molar-refractivity contribution in [3.63, 3.8) is 0 Å². The Morgan fingerprint density at radius 2 is 2.19 bits per heavy atom. The quantitative estimate of drug-likeness (QED) is 0.851. The van der Waals surface area contributed by atoms with E-state index in [-0.39, 0.29) is 11.4 Å². The van der Waals surface area contributed by atoms with Crippen molar-refractivity contribution in [1.82, 2.24) is 0 Å². The van der Waals surface area contributed by atoms with Crippen LogP contribution in [0.15, 0.2) is 18.2 Å². The van der Waals surface area contributed by atoms with Crippen molar-refractivity contribution in [2.24, 2.45) is 5.73 Å². The average Bonchev–Trinajstić information content (AvgIpc) is 2.18. The monoisotopic (exact) mass is 223 g/mol. The fourth-order valence-electron chi connectivity index (χ4n) is 2.20. The summed E-state index contributed by atoms with van der Waals surface area (Å²) in [5, 5.41) is 0. The van der Waals surface area contributed by atoms with Gasteiger partial charge in [0.2, 0.25) is 0 Å². The lowest BCUT2D eigenvalue weighted by Crippen LogP contribution is -2.44. The van der Waals surface area contributed by atoms with Crippen molar-refractivity contribution in [3.05, 3.63) is 29.6 Å². The fraction of sp³-hybridized carbons (Fsp3) is 0.538. The molecule has 1 aromatic carbocycles. The standard InChI is InChI=1S/C13H18FNO/c1-10-9-11(14)3-4-12(10)16-13(7-8-15)5-2-6-13/h3-4,9H,2,5-8,15H2,1H3. The van der Waals surface area contributed by atoms with E-state index >= 15 is 0 Å². The van der Waals surface area contributed by atoms with Gasteiger partial charge >= 0.3 is 0 Å². The molecule has 1 aromatic rings. The van der Waals surface area contributed by atoms with Gasteiger partial charge in [0, 0.05) is 0 Å². The van der Waals surface area contributed by atoms with E-state index in [0.29, 0.717) is 6.54 Å². The minimum Gasteiger partial charge on any atom is -0.487 e. The molecule has 1 fully saturated rings. The Morgan fingerprint density at radius 1 is 1.44 bits per heavy atom. The molecule has 0 saturated heterocycles. The molecule has 16 heavy (non-hydrogen) atoms. The molecule has 1 saturated carbocycles. The van der Waals surface area contributed by atoms with E-state index in [1.165, 1.54) is 18.6 Å². The number of hydrogen-bond acceptors (Lipinski definition) is 2. The van der Waals surface area contributed by atoms with Gasteiger partial charge in [0.05, 0.1) is 0 Å². The van der Waals surface area contributed by atoms with E-state index in [1.807, 2.05) is 6.92 Å². The van der Waals surface area contributed by atoms with Crippen LogP contribution in [0.1, 0.15) is 31.2 Å². The van der Waals surface area contributed by atoms with Crippen LogP contribution in [-0.4, -0.2) is 12.1 Å². The first kappa shape index (κ1) is 11.4. The van der Waals surface area contributed by atoms with Gasteiger partial charge in [-0.15, -0.1) is 0 Å². The summed E-state index contributed by atoms with van der Waals surface area (Å²) in [6.07, 6.45) is 4.19. The minimum absolute atomic E-state index is 0.0860. The van der Waals surface area contributed by atoms with Crippen molar-refractivity contribution in [2.75, 3.05) is 6.54 Å². The largest absolute Gasteiger partial charge is 0.487 e. The Balaban J connectivity index is 2.13. The number of rotatable bonds is 4. The van der Waals surface area contributed by atoms with Crippen molar-refractivity contribution < 1.29 is 9.13 Å². The van der Waals surface area contributed by atoms with Crippen LogP contribution in [0.2, 0.25) is 0 Å². The summed E-state index contributed by atoms with van der Waals surface area (Å²) in [5.74, 6) is 0.570. The summed E-state index contributed by atoms with van der Waals surface area (Å²) < 4.78 is 19.0. The van der Waals surface area contributed by atoms with E-state index in [4.69, 9.17) is 10.5 Å². The van der Waals surface area contributed by atoms with Crippen molar-refractivity contribution in [2.45, 2.75) is 38.2 Å². The maximum atomic E-state index is 12.9. The summed E-state index contributed by atoms with van der Waals surface area (Å²) in [6, 6.07) is 4.66. The van der Waals surface area contributed by atoms with Gasteiger partial charge in [-0.2, -0.15) is 0 Å². The van der Waals surface area contributed by atoms with Gasteiger partial charge in [-0.1, -0.05) is 0 Å². The SMILES string of the molecule is Cc1cc(F)ccc1OC1(CCN)CCC1. The molecule has 0 bridgehead atoms. The number of benzene rings is 1. The van der Waals surface area contributed by atoms with Crippen molar-refractivity contribution >= 4 is 0 Å². The van der Waals surface area contributed by atoms with Crippen LogP contribution in [0.3, 0.4) is 0 Å². The molecule has 1 aliphatic carbocycles. The van der Waals surface area contributed by atoms with Crippen molar-refractivity contribution in [3.8, 4) is 5.75 Å². The zero-order chi connectivity index (χ0) is 11.6. The van der Waals surface area contributed by atoms with Crippen LogP contribution in [0.4, 0.5) is 4.39 Å². The molecule has 0 aliphatic heterocycles. The summed E-state index contributed by atoms with van der Waals surface area (Å²) in [5.41, 5.74) is 6.36. The van der Waals surface area contributed by atoms with Crippen LogP contribution in [0, 0.1) is 12.7 Å². The summed E-state index contributed by atoms with van der Waals surface area (Å²) in [6.45, 7) is 2.51. The third-order valence-electron chi connectivity index (χ3n) is 3.33. The van der Waals surface area contributed by atoms with Crippen LogP contribution >= 0.6 is 0 Å². The maximum absolute atomic E-state index is 12.9. The highest BCUT2D eigenvalue weighted by molar-refractivity contribution is 5.33. The molecule has 0 unspecified atom stereocenters. The lowest BCUT2D eigenvalue weighted by atomic mass is 9.77. The van der Waals surface area contributed by atoms with Crippen LogP contribution in [-0.2, 0) is 0 Å². The highest BCUT2D eigenvalue weighted by Gasteiger charge is 2.38. The second kappa shape index (κ2) is 4.42. The first-order valence-corrected chi connectivity index (χ1v) is 5.80. The van der Waals surface area contributed by atoms with E-state index in [9.17, 15) is 4.39 Å². The number of ether oxygens (including phenoxy) is 1. The van der Waals surface area contributed by atoms with Gasteiger partial charge in [-0.05, 0) is 62.9 Å².